The zero-order chi connectivity index (χ0) is 18.6. The average molecular weight is 375 g/mol. The number of rotatable bonds is 6. The Hall–Kier alpha value is -1.87. The van der Waals surface area contributed by atoms with E-state index in [4.69, 9.17) is 0 Å². The van der Waals surface area contributed by atoms with Crippen LogP contribution in [0.1, 0.15) is 22.8 Å². The van der Waals surface area contributed by atoms with Gasteiger partial charge in [-0.2, -0.15) is 17.0 Å². The highest BCUT2D eigenvalue weighted by molar-refractivity contribution is 7.86. The normalized spacial score (nSPS) is 16.1. The topological polar surface area (TPSA) is 78.4 Å². The zero-order valence-corrected chi connectivity index (χ0v) is 16.0. The molecule has 0 unspecified atom stereocenters. The van der Waals surface area contributed by atoms with Crippen molar-refractivity contribution in [2.45, 2.75) is 26.9 Å². The number of hydrogen-bond donors (Lipinski definition) is 1. The van der Waals surface area contributed by atoms with E-state index in [0.29, 0.717) is 26.2 Å². The van der Waals surface area contributed by atoms with Crippen molar-refractivity contribution in [3.63, 3.8) is 0 Å². The molecule has 0 saturated carbocycles. The molecule has 2 aromatic heterocycles. The van der Waals surface area contributed by atoms with Crippen molar-refractivity contribution in [3.05, 3.63) is 59.2 Å². The first-order valence-corrected chi connectivity index (χ1v) is 10.2. The van der Waals surface area contributed by atoms with E-state index in [1.54, 1.807) is 0 Å². The summed E-state index contributed by atoms with van der Waals surface area (Å²) in [6, 6.07) is 11.3. The molecule has 2 aromatic rings. The molecule has 140 valence electrons. The predicted molar refractivity (Wildman–Crippen MR) is 101 cm³/mol. The van der Waals surface area contributed by atoms with E-state index in [0.717, 1.165) is 22.8 Å². The lowest BCUT2D eigenvalue weighted by Crippen LogP contribution is -2.51. The Labute approximate surface area is 155 Å². The van der Waals surface area contributed by atoms with Crippen molar-refractivity contribution in [3.8, 4) is 0 Å². The molecule has 0 bridgehead atoms. The molecule has 0 radical (unpaired) electrons. The number of hydrogen-bond acceptors (Lipinski definition) is 5. The van der Waals surface area contributed by atoms with Gasteiger partial charge in [0.25, 0.3) is 10.2 Å². The summed E-state index contributed by atoms with van der Waals surface area (Å²) in [5, 5.41) is 3.19. The third-order valence-electron chi connectivity index (χ3n) is 4.30. The van der Waals surface area contributed by atoms with E-state index in [1.807, 2.05) is 50.2 Å². The highest BCUT2D eigenvalue weighted by Crippen LogP contribution is 2.17. The minimum Gasteiger partial charge on any atom is -0.314 e. The molecule has 0 aromatic carbocycles. The van der Waals surface area contributed by atoms with E-state index in [2.05, 4.69) is 15.3 Å². The van der Waals surface area contributed by atoms with E-state index in [1.165, 1.54) is 8.61 Å². The summed E-state index contributed by atoms with van der Waals surface area (Å²) < 4.78 is 29.5. The Bertz CT molecular complexity index is 803. The quantitative estimate of drug-likeness (QED) is 0.822. The number of nitrogens with zero attached hydrogens (tertiary/aromatic N) is 4. The number of aryl methyl sites for hydroxylation is 2. The van der Waals surface area contributed by atoms with E-state index in [-0.39, 0.29) is 13.1 Å². The largest absolute Gasteiger partial charge is 0.314 e. The van der Waals surface area contributed by atoms with Crippen molar-refractivity contribution in [1.29, 1.82) is 0 Å². The van der Waals surface area contributed by atoms with Gasteiger partial charge in [-0.15, -0.1) is 0 Å². The van der Waals surface area contributed by atoms with Crippen LogP contribution in [-0.2, 0) is 23.3 Å². The SMILES string of the molecule is Cc1cccc(CN(Cc2cccc(C)n2)S(=O)(=O)N2CCNCC2)n1. The van der Waals surface area contributed by atoms with Gasteiger partial charge in [0.05, 0.1) is 24.5 Å². The molecule has 3 heterocycles. The van der Waals surface area contributed by atoms with Gasteiger partial charge in [-0.1, -0.05) is 12.1 Å². The lowest BCUT2D eigenvalue weighted by atomic mass is 10.3. The van der Waals surface area contributed by atoms with Gasteiger partial charge in [0.2, 0.25) is 0 Å². The van der Waals surface area contributed by atoms with Gasteiger partial charge >= 0.3 is 0 Å². The van der Waals surface area contributed by atoms with Gasteiger partial charge < -0.3 is 5.32 Å². The van der Waals surface area contributed by atoms with E-state index in [9.17, 15) is 8.42 Å². The highest BCUT2D eigenvalue weighted by Gasteiger charge is 2.31. The standard InChI is InChI=1S/C18H25N5O2S/c1-15-5-3-7-17(20-15)13-23(14-18-8-4-6-16(2)21-18)26(24,25)22-11-9-19-10-12-22/h3-8,19H,9-14H2,1-2H3. The van der Waals surface area contributed by atoms with Crippen molar-refractivity contribution in [1.82, 2.24) is 23.9 Å². The van der Waals surface area contributed by atoms with Gasteiger partial charge in [0, 0.05) is 37.6 Å². The number of piperazine rings is 1. The number of pyridine rings is 2. The van der Waals surface area contributed by atoms with Crippen LogP contribution in [0.4, 0.5) is 0 Å². The zero-order valence-electron chi connectivity index (χ0n) is 15.2. The Morgan fingerprint density at radius 2 is 1.46 bits per heavy atom. The van der Waals surface area contributed by atoms with Crippen molar-refractivity contribution in [2.24, 2.45) is 0 Å². The van der Waals surface area contributed by atoms with Crippen LogP contribution in [0.2, 0.25) is 0 Å². The molecular weight excluding hydrogens is 350 g/mol. The van der Waals surface area contributed by atoms with Crippen LogP contribution in [-0.4, -0.2) is 53.2 Å². The van der Waals surface area contributed by atoms with Crippen LogP contribution in [0.5, 0.6) is 0 Å². The molecule has 0 atom stereocenters. The summed E-state index contributed by atoms with van der Waals surface area (Å²) in [6.07, 6.45) is 0. The molecule has 1 fully saturated rings. The smallest absolute Gasteiger partial charge is 0.282 e. The molecule has 0 spiro atoms. The second-order valence-corrected chi connectivity index (χ2v) is 8.39. The van der Waals surface area contributed by atoms with E-state index >= 15 is 0 Å². The molecule has 3 rings (SSSR count). The minimum absolute atomic E-state index is 0.226. The van der Waals surface area contributed by atoms with Crippen LogP contribution in [0.25, 0.3) is 0 Å². The highest BCUT2D eigenvalue weighted by atomic mass is 32.2. The molecule has 1 N–H and O–H groups in total. The second-order valence-electron chi connectivity index (χ2n) is 6.47. The molecule has 8 heteroatoms. The lowest BCUT2D eigenvalue weighted by molar-refractivity contribution is 0.302. The van der Waals surface area contributed by atoms with Gasteiger partial charge in [-0.3, -0.25) is 9.97 Å². The summed E-state index contributed by atoms with van der Waals surface area (Å²) in [7, 11) is -3.60. The third kappa shape index (κ3) is 4.64. The van der Waals surface area contributed by atoms with Crippen LogP contribution < -0.4 is 5.32 Å². The fourth-order valence-corrected chi connectivity index (χ4v) is 4.56. The fraction of sp³-hybridized carbons (Fsp3) is 0.444. The number of nitrogens with one attached hydrogen (secondary N) is 1. The molecular formula is C18H25N5O2S. The first kappa shape index (κ1) is 18.9. The van der Waals surface area contributed by atoms with Crippen LogP contribution in [0.3, 0.4) is 0 Å². The maximum Gasteiger partial charge on any atom is 0.282 e. The van der Waals surface area contributed by atoms with Gasteiger partial charge in [-0.05, 0) is 38.1 Å². The number of aromatic nitrogens is 2. The Balaban J connectivity index is 1.89. The fourth-order valence-electron chi connectivity index (χ4n) is 2.99. The third-order valence-corrected chi connectivity index (χ3v) is 6.23. The first-order chi connectivity index (χ1) is 12.4. The minimum atomic E-state index is -3.60. The van der Waals surface area contributed by atoms with Crippen LogP contribution >= 0.6 is 0 Å². The van der Waals surface area contributed by atoms with E-state index < -0.39 is 10.2 Å². The Morgan fingerprint density at radius 1 is 0.962 bits per heavy atom. The molecule has 0 aliphatic carbocycles. The van der Waals surface area contributed by atoms with Crippen molar-refractivity contribution >= 4 is 10.2 Å². The Morgan fingerprint density at radius 3 is 1.92 bits per heavy atom. The Kier molecular flexibility index (Phi) is 5.98. The van der Waals surface area contributed by atoms with Crippen molar-refractivity contribution in [2.75, 3.05) is 26.2 Å². The molecule has 1 aliphatic rings. The van der Waals surface area contributed by atoms with Crippen LogP contribution in [0.15, 0.2) is 36.4 Å². The summed E-state index contributed by atoms with van der Waals surface area (Å²) in [4.78, 5) is 8.95. The molecule has 7 nitrogen and oxygen atoms in total. The summed E-state index contributed by atoms with van der Waals surface area (Å²) in [5.74, 6) is 0. The van der Waals surface area contributed by atoms with Crippen LogP contribution in [0, 0.1) is 13.8 Å². The van der Waals surface area contributed by atoms with Gasteiger partial charge in [-0.25, -0.2) is 0 Å². The molecule has 0 amide bonds. The predicted octanol–water partition coefficient (Wildman–Crippen LogP) is 1.25. The maximum atomic E-state index is 13.2. The summed E-state index contributed by atoms with van der Waals surface area (Å²) in [5.41, 5.74) is 3.21. The lowest BCUT2D eigenvalue weighted by Gasteiger charge is -2.32. The maximum absolute atomic E-state index is 13.2. The monoisotopic (exact) mass is 375 g/mol. The molecule has 1 saturated heterocycles. The van der Waals surface area contributed by atoms with Gasteiger partial charge in [0.15, 0.2) is 0 Å². The second kappa shape index (κ2) is 8.22. The molecule has 26 heavy (non-hydrogen) atoms. The molecule has 1 aliphatic heterocycles. The van der Waals surface area contributed by atoms with Crippen molar-refractivity contribution < 1.29 is 8.42 Å². The first-order valence-electron chi connectivity index (χ1n) is 8.76. The summed E-state index contributed by atoms with van der Waals surface area (Å²) in [6.45, 7) is 6.54. The van der Waals surface area contributed by atoms with Gasteiger partial charge in [0.1, 0.15) is 0 Å². The average Bonchev–Trinajstić information content (AvgIpc) is 2.62. The summed E-state index contributed by atoms with van der Waals surface area (Å²) >= 11 is 0.